The Balaban J connectivity index is 1.72. The minimum absolute atomic E-state index is 0.644. The SMILES string of the molecule is Cn1ccnc1SCc1ncc(-c2cccc(Cl)c2)o1. The van der Waals surface area contributed by atoms with Gasteiger partial charge in [0, 0.05) is 30.0 Å². The maximum atomic E-state index is 5.97. The highest BCUT2D eigenvalue weighted by Crippen LogP contribution is 2.26. The van der Waals surface area contributed by atoms with Gasteiger partial charge in [-0.3, -0.25) is 0 Å². The second-order valence-electron chi connectivity index (χ2n) is 4.24. The molecule has 0 radical (unpaired) electrons. The largest absolute Gasteiger partial charge is 0.440 e. The number of nitrogens with zero attached hydrogens (tertiary/aromatic N) is 3. The molecule has 0 aliphatic heterocycles. The molecule has 3 rings (SSSR count). The Bertz CT molecular complexity index is 723. The molecule has 0 N–H and O–H groups in total. The predicted octanol–water partition coefficient (Wildman–Crippen LogP) is 4.02. The number of benzene rings is 1. The lowest BCUT2D eigenvalue weighted by atomic mass is 10.2. The highest BCUT2D eigenvalue weighted by Gasteiger charge is 2.08. The Labute approximate surface area is 125 Å². The second-order valence-corrected chi connectivity index (χ2v) is 5.62. The van der Waals surface area contributed by atoms with E-state index in [2.05, 4.69) is 9.97 Å². The number of imidazole rings is 1. The fraction of sp³-hybridized carbons (Fsp3) is 0.143. The average molecular weight is 306 g/mol. The van der Waals surface area contributed by atoms with E-state index in [-0.39, 0.29) is 0 Å². The number of oxazole rings is 1. The van der Waals surface area contributed by atoms with Crippen LogP contribution in [0.25, 0.3) is 11.3 Å². The van der Waals surface area contributed by atoms with Crippen molar-refractivity contribution in [1.82, 2.24) is 14.5 Å². The molecule has 0 saturated heterocycles. The number of thioether (sulfide) groups is 1. The summed E-state index contributed by atoms with van der Waals surface area (Å²) in [7, 11) is 1.96. The van der Waals surface area contributed by atoms with Gasteiger partial charge in [0.05, 0.1) is 11.9 Å². The molecule has 0 fully saturated rings. The molecule has 0 atom stereocenters. The van der Waals surface area contributed by atoms with E-state index in [1.54, 1.807) is 24.2 Å². The van der Waals surface area contributed by atoms with Gasteiger partial charge in [0.25, 0.3) is 0 Å². The van der Waals surface area contributed by atoms with E-state index in [0.29, 0.717) is 16.7 Å². The molecule has 102 valence electrons. The molecule has 0 aliphatic carbocycles. The lowest BCUT2D eigenvalue weighted by molar-refractivity contribution is 0.529. The van der Waals surface area contributed by atoms with Crippen LogP contribution >= 0.6 is 23.4 Å². The van der Waals surface area contributed by atoms with Crippen molar-refractivity contribution in [1.29, 1.82) is 0 Å². The van der Waals surface area contributed by atoms with Crippen molar-refractivity contribution in [2.75, 3.05) is 0 Å². The molecule has 3 aromatic rings. The van der Waals surface area contributed by atoms with Crippen LogP contribution in [0.5, 0.6) is 0 Å². The monoisotopic (exact) mass is 305 g/mol. The van der Waals surface area contributed by atoms with Gasteiger partial charge < -0.3 is 8.98 Å². The molecule has 0 bridgehead atoms. The molecule has 4 nitrogen and oxygen atoms in total. The molecule has 0 spiro atoms. The number of aryl methyl sites for hydroxylation is 1. The van der Waals surface area contributed by atoms with Crippen molar-refractivity contribution in [3.05, 3.63) is 53.8 Å². The van der Waals surface area contributed by atoms with Crippen molar-refractivity contribution >= 4 is 23.4 Å². The lowest BCUT2D eigenvalue weighted by Crippen LogP contribution is -1.89. The van der Waals surface area contributed by atoms with Crippen LogP contribution in [0.2, 0.25) is 5.02 Å². The fourth-order valence-electron chi connectivity index (χ4n) is 1.77. The first kappa shape index (κ1) is 13.3. The Hall–Kier alpha value is -1.72. The summed E-state index contributed by atoms with van der Waals surface area (Å²) in [6.45, 7) is 0. The summed E-state index contributed by atoms with van der Waals surface area (Å²) in [6, 6.07) is 7.53. The van der Waals surface area contributed by atoms with E-state index < -0.39 is 0 Å². The number of aromatic nitrogens is 3. The van der Waals surface area contributed by atoms with E-state index in [1.807, 2.05) is 42.1 Å². The Morgan fingerprint density at radius 3 is 3.00 bits per heavy atom. The van der Waals surface area contributed by atoms with Gasteiger partial charge in [-0.2, -0.15) is 0 Å². The Morgan fingerprint density at radius 2 is 2.25 bits per heavy atom. The highest BCUT2D eigenvalue weighted by molar-refractivity contribution is 7.98. The van der Waals surface area contributed by atoms with Crippen molar-refractivity contribution in [3.63, 3.8) is 0 Å². The lowest BCUT2D eigenvalue weighted by Gasteiger charge is -1.99. The van der Waals surface area contributed by atoms with Crippen LogP contribution in [0, 0.1) is 0 Å². The van der Waals surface area contributed by atoms with Crippen molar-refractivity contribution < 1.29 is 4.42 Å². The van der Waals surface area contributed by atoms with Gasteiger partial charge >= 0.3 is 0 Å². The number of rotatable bonds is 4. The molecule has 0 unspecified atom stereocenters. The highest BCUT2D eigenvalue weighted by atomic mass is 35.5. The number of halogens is 1. The average Bonchev–Trinajstić information content (AvgIpc) is 3.05. The summed E-state index contributed by atoms with van der Waals surface area (Å²) >= 11 is 7.56. The van der Waals surface area contributed by atoms with E-state index in [9.17, 15) is 0 Å². The molecule has 20 heavy (non-hydrogen) atoms. The summed E-state index contributed by atoms with van der Waals surface area (Å²) in [5, 5.41) is 1.62. The third-order valence-corrected chi connectivity index (χ3v) is 4.04. The van der Waals surface area contributed by atoms with Gasteiger partial charge in [0.15, 0.2) is 10.9 Å². The number of hydrogen-bond donors (Lipinski definition) is 0. The van der Waals surface area contributed by atoms with Crippen molar-refractivity contribution in [2.45, 2.75) is 10.9 Å². The second kappa shape index (κ2) is 5.73. The van der Waals surface area contributed by atoms with Crippen LogP contribution in [-0.2, 0) is 12.8 Å². The van der Waals surface area contributed by atoms with E-state index >= 15 is 0 Å². The zero-order chi connectivity index (χ0) is 13.9. The molecular weight excluding hydrogens is 294 g/mol. The molecule has 1 aromatic carbocycles. The van der Waals surface area contributed by atoms with Gasteiger partial charge in [0.2, 0.25) is 5.89 Å². The van der Waals surface area contributed by atoms with Gasteiger partial charge in [-0.15, -0.1) is 0 Å². The molecule has 6 heteroatoms. The first-order valence-corrected chi connectivity index (χ1v) is 7.39. The molecule has 0 amide bonds. The molecule has 0 saturated carbocycles. The first-order chi connectivity index (χ1) is 9.72. The Morgan fingerprint density at radius 1 is 1.35 bits per heavy atom. The maximum absolute atomic E-state index is 5.97. The molecular formula is C14H12ClN3OS. The first-order valence-electron chi connectivity index (χ1n) is 6.03. The zero-order valence-electron chi connectivity index (χ0n) is 10.8. The van der Waals surface area contributed by atoms with Gasteiger partial charge in [-0.1, -0.05) is 35.5 Å². The normalized spacial score (nSPS) is 10.9. The predicted molar refractivity (Wildman–Crippen MR) is 79.7 cm³/mol. The minimum Gasteiger partial charge on any atom is -0.440 e. The van der Waals surface area contributed by atoms with E-state index in [4.69, 9.17) is 16.0 Å². The smallest absolute Gasteiger partial charge is 0.205 e. The van der Waals surface area contributed by atoms with Crippen molar-refractivity contribution in [3.8, 4) is 11.3 Å². The Kier molecular flexibility index (Phi) is 3.80. The summed E-state index contributed by atoms with van der Waals surface area (Å²) in [6.07, 6.45) is 5.41. The molecule has 2 heterocycles. The summed E-state index contributed by atoms with van der Waals surface area (Å²) < 4.78 is 7.70. The van der Waals surface area contributed by atoms with E-state index in [1.165, 1.54) is 0 Å². The standard InChI is InChI=1S/C14H12ClN3OS/c1-18-6-5-16-14(18)20-9-13-17-8-12(19-13)10-3-2-4-11(15)7-10/h2-8H,9H2,1H3. The van der Waals surface area contributed by atoms with Gasteiger partial charge in [-0.25, -0.2) is 9.97 Å². The minimum atomic E-state index is 0.644. The topological polar surface area (TPSA) is 43.9 Å². The fourth-order valence-corrected chi connectivity index (χ4v) is 2.75. The quantitative estimate of drug-likeness (QED) is 0.683. The number of hydrogen-bond acceptors (Lipinski definition) is 4. The van der Waals surface area contributed by atoms with Crippen LogP contribution in [0.3, 0.4) is 0 Å². The maximum Gasteiger partial charge on any atom is 0.205 e. The van der Waals surface area contributed by atoms with Crippen molar-refractivity contribution in [2.24, 2.45) is 7.05 Å². The third-order valence-electron chi connectivity index (χ3n) is 2.76. The van der Waals surface area contributed by atoms with Gasteiger partial charge in [-0.05, 0) is 12.1 Å². The third kappa shape index (κ3) is 2.89. The molecule has 2 aromatic heterocycles. The van der Waals surface area contributed by atoms with E-state index in [0.717, 1.165) is 16.5 Å². The summed E-state index contributed by atoms with van der Waals surface area (Å²) in [4.78, 5) is 8.53. The zero-order valence-corrected chi connectivity index (χ0v) is 12.4. The summed E-state index contributed by atoms with van der Waals surface area (Å²) in [5.41, 5.74) is 0.929. The summed E-state index contributed by atoms with van der Waals surface area (Å²) in [5.74, 6) is 2.04. The van der Waals surface area contributed by atoms with Crippen LogP contribution in [0.15, 0.2) is 52.4 Å². The molecule has 0 aliphatic rings. The van der Waals surface area contributed by atoms with Crippen LogP contribution in [0.1, 0.15) is 5.89 Å². The van der Waals surface area contributed by atoms with Crippen LogP contribution in [0.4, 0.5) is 0 Å². The van der Waals surface area contributed by atoms with Gasteiger partial charge in [0.1, 0.15) is 0 Å². The van der Waals surface area contributed by atoms with Crippen LogP contribution < -0.4 is 0 Å². The van der Waals surface area contributed by atoms with Crippen LogP contribution in [-0.4, -0.2) is 14.5 Å².